The van der Waals surface area contributed by atoms with Gasteiger partial charge in [-0.3, -0.25) is 9.59 Å². The summed E-state index contributed by atoms with van der Waals surface area (Å²) in [6.07, 6.45) is 0.411. The summed E-state index contributed by atoms with van der Waals surface area (Å²) in [4.78, 5) is 28.4. The van der Waals surface area contributed by atoms with Gasteiger partial charge in [-0.1, -0.05) is 18.2 Å². The molecular weight excluding hydrogens is 316 g/mol. The minimum atomic E-state index is -0.846. The molecule has 1 heterocycles. The number of para-hydroxylation sites is 1. The van der Waals surface area contributed by atoms with Crippen LogP contribution in [0.4, 0.5) is 11.4 Å². The molecule has 1 N–H and O–H groups in total. The summed E-state index contributed by atoms with van der Waals surface area (Å²) >= 11 is 0. The maximum atomic E-state index is 13.1. The molecule has 0 fully saturated rings. The van der Waals surface area contributed by atoms with Gasteiger partial charge >= 0.3 is 5.97 Å². The lowest BCUT2D eigenvalue weighted by atomic mass is 9.85. The number of benzene rings is 2. The topological polar surface area (TPSA) is 60.9 Å². The van der Waals surface area contributed by atoms with E-state index < -0.39 is 11.9 Å². The molecule has 0 saturated carbocycles. The number of fused-ring (bicyclic) bond motifs is 1. The first-order valence-electron chi connectivity index (χ1n) is 8.33. The van der Waals surface area contributed by atoms with E-state index in [0.29, 0.717) is 23.2 Å². The first-order valence-corrected chi connectivity index (χ1v) is 8.33. The Morgan fingerprint density at radius 2 is 1.72 bits per heavy atom. The maximum Gasteiger partial charge on any atom is 0.311 e. The quantitative estimate of drug-likeness (QED) is 0.932. The van der Waals surface area contributed by atoms with E-state index in [4.69, 9.17) is 0 Å². The lowest BCUT2D eigenvalue weighted by Gasteiger charge is -2.38. The van der Waals surface area contributed by atoms with Gasteiger partial charge in [0.2, 0.25) is 0 Å². The number of anilines is 2. The highest BCUT2D eigenvalue weighted by molar-refractivity contribution is 6.08. The zero-order chi connectivity index (χ0) is 18.1. The fraction of sp³-hybridized carbons (Fsp3) is 0.300. The Morgan fingerprint density at radius 1 is 1.08 bits per heavy atom. The zero-order valence-corrected chi connectivity index (χ0v) is 14.6. The summed E-state index contributed by atoms with van der Waals surface area (Å²) in [6, 6.07) is 14.6. The SMILES string of the molecule is CC1CC(C(=O)O)c2ccccc2N1C(=O)c1ccc(N(C)C)cc1. The number of carboxylic acids is 1. The van der Waals surface area contributed by atoms with Crippen molar-refractivity contribution in [1.82, 2.24) is 0 Å². The van der Waals surface area contributed by atoms with E-state index in [1.54, 1.807) is 11.0 Å². The van der Waals surface area contributed by atoms with Gasteiger partial charge in [0.05, 0.1) is 5.92 Å². The van der Waals surface area contributed by atoms with Gasteiger partial charge in [-0.2, -0.15) is 0 Å². The van der Waals surface area contributed by atoms with Gasteiger partial charge in [-0.05, 0) is 49.2 Å². The molecule has 5 heteroatoms. The summed E-state index contributed by atoms with van der Waals surface area (Å²) in [5, 5.41) is 9.52. The normalized spacial score (nSPS) is 19.2. The molecule has 1 aliphatic rings. The van der Waals surface area contributed by atoms with Crippen molar-refractivity contribution in [2.24, 2.45) is 0 Å². The fourth-order valence-corrected chi connectivity index (χ4v) is 3.40. The Bertz CT molecular complexity index is 799. The number of hydrogen-bond acceptors (Lipinski definition) is 3. The van der Waals surface area contributed by atoms with Crippen molar-refractivity contribution in [3.63, 3.8) is 0 Å². The van der Waals surface area contributed by atoms with Crippen molar-refractivity contribution >= 4 is 23.3 Å². The van der Waals surface area contributed by atoms with Gasteiger partial charge < -0.3 is 14.9 Å². The fourth-order valence-electron chi connectivity index (χ4n) is 3.40. The Morgan fingerprint density at radius 3 is 2.32 bits per heavy atom. The second-order valence-electron chi connectivity index (χ2n) is 6.65. The summed E-state index contributed by atoms with van der Waals surface area (Å²) in [5.74, 6) is -1.53. The number of hydrogen-bond donors (Lipinski definition) is 1. The number of nitrogens with zero attached hydrogens (tertiary/aromatic N) is 2. The molecule has 25 heavy (non-hydrogen) atoms. The molecular formula is C20H22N2O3. The Labute approximate surface area is 147 Å². The predicted octanol–water partition coefficient (Wildman–Crippen LogP) is 3.36. The van der Waals surface area contributed by atoms with E-state index in [1.807, 2.05) is 68.4 Å². The minimum absolute atomic E-state index is 0.103. The van der Waals surface area contributed by atoms with Crippen LogP contribution in [0.25, 0.3) is 0 Å². The van der Waals surface area contributed by atoms with Gasteiger partial charge in [0.15, 0.2) is 0 Å². The molecule has 3 rings (SSSR count). The first kappa shape index (κ1) is 17.0. The zero-order valence-electron chi connectivity index (χ0n) is 14.6. The number of aliphatic carboxylic acids is 1. The van der Waals surface area contributed by atoms with E-state index in [0.717, 1.165) is 5.69 Å². The molecule has 0 saturated heterocycles. The number of rotatable bonds is 3. The van der Waals surface area contributed by atoms with Gasteiger partial charge in [0.25, 0.3) is 5.91 Å². The largest absolute Gasteiger partial charge is 0.481 e. The number of carbonyl (C=O) groups excluding carboxylic acids is 1. The summed E-state index contributed by atoms with van der Waals surface area (Å²) in [7, 11) is 3.90. The second-order valence-corrected chi connectivity index (χ2v) is 6.65. The average molecular weight is 338 g/mol. The van der Waals surface area contributed by atoms with Gasteiger partial charge in [-0.25, -0.2) is 0 Å². The second kappa shape index (κ2) is 6.59. The molecule has 130 valence electrons. The van der Waals surface area contributed by atoms with Gasteiger partial charge in [0, 0.05) is 37.1 Å². The Balaban J connectivity index is 1.99. The highest BCUT2D eigenvalue weighted by Gasteiger charge is 2.37. The molecule has 2 aromatic rings. The molecule has 2 atom stereocenters. The number of amides is 1. The van der Waals surface area contributed by atoms with Crippen LogP contribution in [0.15, 0.2) is 48.5 Å². The summed E-state index contributed by atoms with van der Waals surface area (Å²) in [5.41, 5.74) is 3.01. The van der Waals surface area contributed by atoms with Crippen molar-refractivity contribution in [2.45, 2.75) is 25.3 Å². The third kappa shape index (κ3) is 3.09. The molecule has 0 radical (unpaired) electrons. The van der Waals surface area contributed by atoms with Crippen molar-refractivity contribution < 1.29 is 14.7 Å². The third-order valence-electron chi connectivity index (χ3n) is 4.74. The maximum absolute atomic E-state index is 13.1. The van der Waals surface area contributed by atoms with Crippen molar-refractivity contribution in [2.75, 3.05) is 23.9 Å². The Kier molecular flexibility index (Phi) is 4.49. The van der Waals surface area contributed by atoms with Gasteiger partial charge in [-0.15, -0.1) is 0 Å². The van der Waals surface area contributed by atoms with Crippen molar-refractivity contribution in [1.29, 1.82) is 0 Å². The van der Waals surface area contributed by atoms with Crippen LogP contribution in [-0.4, -0.2) is 37.1 Å². The van der Waals surface area contributed by atoms with E-state index in [9.17, 15) is 14.7 Å². The monoisotopic (exact) mass is 338 g/mol. The molecule has 0 aliphatic carbocycles. The first-order chi connectivity index (χ1) is 11.9. The molecule has 1 amide bonds. The summed E-state index contributed by atoms with van der Waals surface area (Å²) in [6.45, 7) is 1.90. The van der Waals surface area contributed by atoms with Crippen LogP contribution < -0.4 is 9.80 Å². The van der Waals surface area contributed by atoms with Crippen LogP contribution in [0.3, 0.4) is 0 Å². The molecule has 2 unspecified atom stereocenters. The van der Waals surface area contributed by atoms with E-state index >= 15 is 0 Å². The van der Waals surface area contributed by atoms with E-state index in [2.05, 4.69) is 0 Å². The lowest BCUT2D eigenvalue weighted by molar-refractivity contribution is -0.139. The smallest absolute Gasteiger partial charge is 0.311 e. The average Bonchev–Trinajstić information content (AvgIpc) is 2.60. The minimum Gasteiger partial charge on any atom is -0.481 e. The highest BCUT2D eigenvalue weighted by atomic mass is 16.4. The van der Waals surface area contributed by atoms with Crippen LogP contribution in [0.2, 0.25) is 0 Å². The molecule has 2 aromatic carbocycles. The molecule has 0 bridgehead atoms. The van der Waals surface area contributed by atoms with E-state index in [1.165, 1.54) is 0 Å². The van der Waals surface area contributed by atoms with E-state index in [-0.39, 0.29) is 11.9 Å². The molecule has 0 spiro atoms. The lowest BCUT2D eigenvalue weighted by Crippen LogP contribution is -2.44. The van der Waals surface area contributed by atoms with Crippen LogP contribution in [0.5, 0.6) is 0 Å². The summed E-state index contributed by atoms with van der Waals surface area (Å²) < 4.78 is 0. The number of carboxylic acid groups (broad SMARTS) is 1. The highest BCUT2D eigenvalue weighted by Crippen LogP contribution is 2.39. The number of carbonyl (C=O) groups is 2. The molecule has 1 aliphatic heterocycles. The standard InChI is InChI=1S/C20H22N2O3/c1-13-12-17(20(24)25)16-6-4-5-7-18(16)22(13)19(23)14-8-10-15(11-9-14)21(2)3/h4-11,13,17H,12H2,1-3H3,(H,24,25). The third-order valence-corrected chi connectivity index (χ3v) is 4.74. The van der Waals surface area contributed by atoms with Crippen LogP contribution in [0, 0.1) is 0 Å². The van der Waals surface area contributed by atoms with Crippen LogP contribution in [-0.2, 0) is 4.79 Å². The van der Waals surface area contributed by atoms with Gasteiger partial charge in [0.1, 0.15) is 0 Å². The van der Waals surface area contributed by atoms with Crippen molar-refractivity contribution in [3.05, 3.63) is 59.7 Å². The molecule has 5 nitrogen and oxygen atoms in total. The van der Waals surface area contributed by atoms with Crippen molar-refractivity contribution in [3.8, 4) is 0 Å². The molecule has 0 aromatic heterocycles. The van der Waals surface area contributed by atoms with Crippen LogP contribution in [0.1, 0.15) is 35.2 Å². The Hall–Kier alpha value is -2.82. The van der Waals surface area contributed by atoms with Crippen LogP contribution >= 0.6 is 0 Å². The predicted molar refractivity (Wildman–Crippen MR) is 98.5 cm³/mol.